The lowest BCUT2D eigenvalue weighted by Crippen LogP contribution is -2.47. The Morgan fingerprint density at radius 1 is 1.16 bits per heavy atom. The van der Waals surface area contributed by atoms with Gasteiger partial charge in [0.25, 0.3) is 0 Å². The van der Waals surface area contributed by atoms with Crippen molar-refractivity contribution >= 4 is 5.95 Å². The van der Waals surface area contributed by atoms with Crippen molar-refractivity contribution in [3.8, 4) is 0 Å². The van der Waals surface area contributed by atoms with Gasteiger partial charge >= 0.3 is 0 Å². The zero-order chi connectivity index (χ0) is 13.8. The van der Waals surface area contributed by atoms with Crippen molar-refractivity contribution < 1.29 is 0 Å². The number of rotatable bonds is 4. The number of hydrogen-bond acceptors (Lipinski definition) is 5. The van der Waals surface area contributed by atoms with E-state index in [1.807, 2.05) is 19.9 Å². The summed E-state index contributed by atoms with van der Waals surface area (Å²) in [5, 5.41) is 3.40. The zero-order valence-electron chi connectivity index (χ0n) is 12.5. The molecule has 0 aromatic carbocycles. The summed E-state index contributed by atoms with van der Waals surface area (Å²) in [6.07, 6.45) is 0. The molecule has 1 saturated heterocycles. The maximum atomic E-state index is 4.43. The highest BCUT2D eigenvalue weighted by Crippen LogP contribution is 2.07. The second-order valence-electron chi connectivity index (χ2n) is 5.62. The fourth-order valence-electron chi connectivity index (χ4n) is 2.47. The van der Waals surface area contributed by atoms with Crippen LogP contribution < -0.4 is 5.32 Å². The van der Waals surface area contributed by atoms with Gasteiger partial charge in [-0.25, -0.2) is 9.97 Å². The summed E-state index contributed by atoms with van der Waals surface area (Å²) in [7, 11) is 2.18. The molecule has 0 saturated carbocycles. The van der Waals surface area contributed by atoms with Gasteiger partial charge in [-0.15, -0.1) is 0 Å². The van der Waals surface area contributed by atoms with E-state index in [2.05, 4.69) is 39.1 Å². The van der Waals surface area contributed by atoms with E-state index < -0.39 is 0 Å². The molecule has 0 amide bonds. The van der Waals surface area contributed by atoms with Crippen LogP contribution in [0.4, 0.5) is 5.95 Å². The van der Waals surface area contributed by atoms with Crippen LogP contribution in [0.3, 0.4) is 0 Å². The molecule has 1 unspecified atom stereocenters. The number of aryl methyl sites for hydroxylation is 2. The van der Waals surface area contributed by atoms with Crippen LogP contribution in [0.5, 0.6) is 0 Å². The molecule has 1 atom stereocenters. The normalized spacial score (nSPS) is 19.4. The smallest absolute Gasteiger partial charge is 0.223 e. The van der Waals surface area contributed by atoms with Crippen molar-refractivity contribution in [1.29, 1.82) is 0 Å². The third kappa shape index (κ3) is 4.44. The van der Waals surface area contributed by atoms with E-state index in [0.717, 1.165) is 50.1 Å². The van der Waals surface area contributed by atoms with Gasteiger partial charge in [0.05, 0.1) is 0 Å². The molecule has 0 spiro atoms. The van der Waals surface area contributed by atoms with Gasteiger partial charge in [0, 0.05) is 50.2 Å². The van der Waals surface area contributed by atoms with Crippen LogP contribution >= 0.6 is 0 Å². The number of aromatic nitrogens is 2. The van der Waals surface area contributed by atoms with Crippen molar-refractivity contribution in [2.75, 3.05) is 45.1 Å². The zero-order valence-corrected chi connectivity index (χ0v) is 12.5. The fourth-order valence-corrected chi connectivity index (χ4v) is 2.47. The summed E-state index contributed by atoms with van der Waals surface area (Å²) in [6, 6.07) is 2.36. The molecule has 106 valence electrons. The molecule has 19 heavy (non-hydrogen) atoms. The summed E-state index contributed by atoms with van der Waals surface area (Å²) in [4.78, 5) is 13.7. The molecule has 0 radical (unpaired) electrons. The summed E-state index contributed by atoms with van der Waals surface area (Å²) in [5.41, 5.74) is 2.03. The maximum Gasteiger partial charge on any atom is 0.223 e. The van der Waals surface area contributed by atoms with Crippen LogP contribution in [0.2, 0.25) is 0 Å². The van der Waals surface area contributed by atoms with Crippen molar-refractivity contribution in [1.82, 2.24) is 19.8 Å². The molecule has 1 aliphatic heterocycles. The molecule has 1 N–H and O–H groups in total. The van der Waals surface area contributed by atoms with Gasteiger partial charge < -0.3 is 10.2 Å². The highest BCUT2D eigenvalue weighted by atomic mass is 15.3. The van der Waals surface area contributed by atoms with Gasteiger partial charge in [-0.05, 0) is 33.9 Å². The fraction of sp³-hybridized carbons (Fsp3) is 0.714. The molecule has 5 nitrogen and oxygen atoms in total. The van der Waals surface area contributed by atoms with E-state index >= 15 is 0 Å². The lowest BCUT2D eigenvalue weighted by molar-refractivity contribution is 0.151. The molecule has 0 bridgehead atoms. The molecule has 2 heterocycles. The first kappa shape index (κ1) is 14.2. The number of nitrogens with one attached hydrogen (secondary N) is 1. The van der Waals surface area contributed by atoms with Gasteiger partial charge in [-0.2, -0.15) is 0 Å². The van der Waals surface area contributed by atoms with Crippen molar-refractivity contribution in [3.05, 3.63) is 17.5 Å². The van der Waals surface area contributed by atoms with Gasteiger partial charge in [0.2, 0.25) is 5.95 Å². The maximum absolute atomic E-state index is 4.43. The molecule has 1 aliphatic rings. The number of piperazine rings is 1. The summed E-state index contributed by atoms with van der Waals surface area (Å²) < 4.78 is 0. The molecule has 1 aromatic rings. The molecular weight excluding hydrogens is 238 g/mol. The molecule has 1 aromatic heterocycles. The van der Waals surface area contributed by atoms with E-state index in [-0.39, 0.29) is 0 Å². The predicted octanol–water partition coefficient (Wildman–Crippen LogP) is 1.14. The Kier molecular flexibility index (Phi) is 4.71. The summed E-state index contributed by atoms with van der Waals surface area (Å²) in [5.74, 6) is 0.749. The molecule has 2 rings (SSSR count). The lowest BCUT2D eigenvalue weighted by atomic mass is 10.2. The van der Waals surface area contributed by atoms with Gasteiger partial charge in [-0.3, -0.25) is 4.90 Å². The quantitative estimate of drug-likeness (QED) is 0.882. The van der Waals surface area contributed by atoms with Crippen molar-refractivity contribution in [3.63, 3.8) is 0 Å². The van der Waals surface area contributed by atoms with E-state index in [4.69, 9.17) is 0 Å². The van der Waals surface area contributed by atoms with Gasteiger partial charge in [0.15, 0.2) is 0 Å². The van der Waals surface area contributed by atoms with E-state index in [1.54, 1.807) is 0 Å². The Morgan fingerprint density at radius 2 is 1.74 bits per heavy atom. The van der Waals surface area contributed by atoms with Gasteiger partial charge in [0.1, 0.15) is 0 Å². The highest BCUT2D eigenvalue weighted by molar-refractivity contribution is 5.28. The monoisotopic (exact) mass is 263 g/mol. The number of nitrogens with zero attached hydrogens (tertiary/aromatic N) is 4. The first-order valence-electron chi connectivity index (χ1n) is 7.02. The third-order valence-electron chi connectivity index (χ3n) is 3.49. The lowest BCUT2D eigenvalue weighted by Gasteiger charge is -2.34. The highest BCUT2D eigenvalue weighted by Gasteiger charge is 2.16. The Balaban J connectivity index is 1.85. The van der Waals surface area contributed by atoms with Crippen LogP contribution in [-0.4, -0.2) is 65.6 Å². The summed E-state index contributed by atoms with van der Waals surface area (Å²) >= 11 is 0. The third-order valence-corrected chi connectivity index (χ3v) is 3.49. The Bertz CT molecular complexity index is 392. The van der Waals surface area contributed by atoms with Crippen LogP contribution in [0.1, 0.15) is 18.3 Å². The summed E-state index contributed by atoms with van der Waals surface area (Å²) in [6.45, 7) is 11.9. The SMILES string of the molecule is Cc1cc(C)nc(NC(C)CN2CCN(C)CC2)n1. The predicted molar refractivity (Wildman–Crippen MR) is 78.5 cm³/mol. The number of likely N-dealkylation sites (N-methyl/N-ethyl adjacent to an activating group) is 1. The minimum Gasteiger partial charge on any atom is -0.350 e. The first-order valence-corrected chi connectivity index (χ1v) is 7.02. The van der Waals surface area contributed by atoms with Crippen molar-refractivity contribution in [2.24, 2.45) is 0 Å². The minimum atomic E-state index is 0.365. The molecule has 1 fully saturated rings. The van der Waals surface area contributed by atoms with Gasteiger partial charge in [-0.1, -0.05) is 0 Å². The average molecular weight is 263 g/mol. The van der Waals surface area contributed by atoms with Crippen LogP contribution in [0, 0.1) is 13.8 Å². The Morgan fingerprint density at radius 3 is 2.32 bits per heavy atom. The second-order valence-corrected chi connectivity index (χ2v) is 5.62. The Hall–Kier alpha value is -1.20. The second kappa shape index (κ2) is 6.30. The minimum absolute atomic E-state index is 0.365. The first-order chi connectivity index (χ1) is 9.02. The average Bonchev–Trinajstić information content (AvgIpc) is 2.30. The van der Waals surface area contributed by atoms with Crippen LogP contribution in [-0.2, 0) is 0 Å². The van der Waals surface area contributed by atoms with E-state index in [9.17, 15) is 0 Å². The van der Waals surface area contributed by atoms with E-state index in [1.165, 1.54) is 0 Å². The largest absolute Gasteiger partial charge is 0.350 e. The standard InChI is InChI=1S/C14H25N5/c1-11-9-12(2)16-14(15-11)17-13(3)10-19-7-5-18(4)6-8-19/h9,13H,5-8,10H2,1-4H3,(H,15,16,17). The van der Waals surface area contributed by atoms with Crippen LogP contribution in [0.25, 0.3) is 0 Å². The Labute approximate surface area is 116 Å². The topological polar surface area (TPSA) is 44.3 Å². The molecule has 0 aliphatic carbocycles. The number of anilines is 1. The molecule has 5 heteroatoms. The number of hydrogen-bond donors (Lipinski definition) is 1. The van der Waals surface area contributed by atoms with Crippen molar-refractivity contribution in [2.45, 2.75) is 26.8 Å². The van der Waals surface area contributed by atoms with Crippen LogP contribution in [0.15, 0.2) is 6.07 Å². The van der Waals surface area contributed by atoms with E-state index in [0.29, 0.717) is 6.04 Å². The molecular formula is C14H25N5.